The van der Waals surface area contributed by atoms with Gasteiger partial charge in [-0.1, -0.05) is 18.2 Å². The zero-order chi connectivity index (χ0) is 8.81. The lowest BCUT2D eigenvalue weighted by Crippen LogP contribution is -2.41. The van der Waals surface area contributed by atoms with Gasteiger partial charge in [-0.15, -0.1) is 0 Å². The van der Waals surface area contributed by atoms with E-state index in [1.165, 1.54) is 0 Å². The van der Waals surface area contributed by atoms with Gasteiger partial charge < -0.3 is 14.8 Å². The second-order valence-corrected chi connectivity index (χ2v) is 3.26. The lowest BCUT2D eigenvalue weighted by molar-refractivity contribution is -0.0261. The molecule has 3 nitrogen and oxygen atoms in total. The molecule has 1 unspecified atom stereocenters. The summed E-state index contributed by atoms with van der Waals surface area (Å²) in [4.78, 5) is 0. The van der Waals surface area contributed by atoms with E-state index in [1.807, 2.05) is 0 Å². The molecule has 1 N–H and O–H groups in total. The van der Waals surface area contributed by atoms with E-state index in [1.54, 1.807) is 0 Å². The molecule has 1 fully saturated rings. The van der Waals surface area contributed by atoms with E-state index < -0.39 is 0 Å². The smallest absolute Gasteiger partial charge is 0.0933 e. The summed E-state index contributed by atoms with van der Waals surface area (Å²) in [5.41, 5.74) is 0. The Morgan fingerprint density at radius 2 is 2.58 bits per heavy atom. The van der Waals surface area contributed by atoms with E-state index in [-0.39, 0.29) is 6.10 Å². The molecule has 1 aliphatic rings. The lowest BCUT2D eigenvalue weighted by Gasteiger charge is -2.23. The fourth-order valence-electron chi connectivity index (χ4n) is 1.03. The van der Waals surface area contributed by atoms with Crippen molar-refractivity contribution in [2.75, 3.05) is 32.9 Å². The number of morpholine rings is 1. The van der Waals surface area contributed by atoms with Crippen molar-refractivity contribution in [3.8, 4) is 0 Å². The molecule has 0 saturated carbocycles. The Morgan fingerprint density at radius 1 is 1.75 bits per heavy atom. The van der Waals surface area contributed by atoms with Crippen molar-refractivity contribution in [3.63, 3.8) is 0 Å². The monoisotopic (exact) mass is 191 g/mol. The Bertz CT molecular complexity index is 146. The largest absolute Gasteiger partial charge is 0.373 e. The number of rotatable bonds is 4. The SMILES string of the molecule is C=C(Cl)COCC1CNCCO1. The fraction of sp³-hybridized carbons (Fsp3) is 0.750. The quantitative estimate of drug-likeness (QED) is 0.711. The summed E-state index contributed by atoms with van der Waals surface area (Å²) in [5.74, 6) is 0. The van der Waals surface area contributed by atoms with Crippen molar-refractivity contribution in [2.45, 2.75) is 6.10 Å². The molecule has 1 atom stereocenters. The first-order valence-corrected chi connectivity index (χ1v) is 4.40. The molecule has 0 bridgehead atoms. The molecule has 70 valence electrons. The van der Waals surface area contributed by atoms with Crippen LogP contribution in [-0.2, 0) is 9.47 Å². The van der Waals surface area contributed by atoms with Gasteiger partial charge in [0.15, 0.2) is 0 Å². The first-order chi connectivity index (χ1) is 5.79. The predicted octanol–water partition coefficient (Wildman–Crippen LogP) is 0.744. The van der Waals surface area contributed by atoms with Gasteiger partial charge in [0, 0.05) is 18.1 Å². The Hall–Kier alpha value is -0.0900. The summed E-state index contributed by atoms with van der Waals surface area (Å²) in [6.07, 6.45) is 0.162. The average molecular weight is 192 g/mol. The van der Waals surface area contributed by atoms with Crippen molar-refractivity contribution in [3.05, 3.63) is 11.6 Å². The third-order valence-electron chi connectivity index (χ3n) is 1.57. The van der Waals surface area contributed by atoms with E-state index in [0.717, 1.165) is 19.7 Å². The highest BCUT2D eigenvalue weighted by Crippen LogP contribution is 2.00. The van der Waals surface area contributed by atoms with Crippen LogP contribution in [0.5, 0.6) is 0 Å². The van der Waals surface area contributed by atoms with Gasteiger partial charge in [0.05, 0.1) is 25.9 Å². The summed E-state index contributed by atoms with van der Waals surface area (Å²) >= 11 is 5.52. The number of nitrogens with one attached hydrogen (secondary N) is 1. The topological polar surface area (TPSA) is 30.5 Å². The lowest BCUT2D eigenvalue weighted by atomic mass is 10.3. The minimum Gasteiger partial charge on any atom is -0.373 e. The average Bonchev–Trinajstić information content (AvgIpc) is 2.05. The maximum atomic E-state index is 5.52. The summed E-state index contributed by atoms with van der Waals surface area (Å²) < 4.78 is 10.6. The molecule has 4 heteroatoms. The van der Waals surface area contributed by atoms with Crippen LogP contribution in [0.4, 0.5) is 0 Å². The van der Waals surface area contributed by atoms with Gasteiger partial charge in [-0.3, -0.25) is 0 Å². The van der Waals surface area contributed by atoms with Gasteiger partial charge in [0.1, 0.15) is 0 Å². The Balaban J connectivity index is 2.01. The van der Waals surface area contributed by atoms with Crippen molar-refractivity contribution in [1.82, 2.24) is 5.32 Å². The molecule has 1 aliphatic heterocycles. The maximum absolute atomic E-state index is 5.52. The standard InChI is InChI=1S/C8H14ClNO2/c1-7(9)5-11-6-8-4-10-2-3-12-8/h8,10H,1-6H2. The van der Waals surface area contributed by atoms with E-state index in [2.05, 4.69) is 11.9 Å². The third kappa shape index (κ3) is 4.07. The highest BCUT2D eigenvalue weighted by atomic mass is 35.5. The number of hydrogen-bond donors (Lipinski definition) is 1. The van der Waals surface area contributed by atoms with Gasteiger partial charge in [0.2, 0.25) is 0 Å². The molecule has 12 heavy (non-hydrogen) atoms. The van der Waals surface area contributed by atoms with Crippen molar-refractivity contribution >= 4 is 11.6 Å². The Labute approximate surface area is 77.7 Å². The molecule has 0 spiro atoms. The van der Waals surface area contributed by atoms with E-state index in [4.69, 9.17) is 21.1 Å². The molecule has 0 amide bonds. The summed E-state index contributed by atoms with van der Waals surface area (Å²) in [7, 11) is 0. The van der Waals surface area contributed by atoms with Gasteiger partial charge in [0.25, 0.3) is 0 Å². The van der Waals surface area contributed by atoms with E-state index in [0.29, 0.717) is 18.2 Å². The van der Waals surface area contributed by atoms with Crippen LogP contribution in [0, 0.1) is 0 Å². The van der Waals surface area contributed by atoms with Crippen LogP contribution in [0.3, 0.4) is 0 Å². The Morgan fingerprint density at radius 3 is 3.17 bits per heavy atom. The number of ether oxygens (including phenoxy) is 2. The highest BCUT2D eigenvalue weighted by Gasteiger charge is 2.12. The molecule has 0 aliphatic carbocycles. The molecular formula is C8H14ClNO2. The van der Waals surface area contributed by atoms with E-state index in [9.17, 15) is 0 Å². The summed E-state index contributed by atoms with van der Waals surface area (Å²) in [6, 6.07) is 0. The van der Waals surface area contributed by atoms with Crippen LogP contribution in [0.25, 0.3) is 0 Å². The molecule has 0 radical (unpaired) electrons. The van der Waals surface area contributed by atoms with E-state index >= 15 is 0 Å². The predicted molar refractivity (Wildman–Crippen MR) is 48.4 cm³/mol. The van der Waals surface area contributed by atoms with Crippen molar-refractivity contribution < 1.29 is 9.47 Å². The zero-order valence-electron chi connectivity index (χ0n) is 7.01. The van der Waals surface area contributed by atoms with Crippen LogP contribution in [-0.4, -0.2) is 39.0 Å². The number of halogens is 1. The van der Waals surface area contributed by atoms with Crippen LogP contribution in [0.15, 0.2) is 11.6 Å². The van der Waals surface area contributed by atoms with Gasteiger partial charge >= 0.3 is 0 Å². The second kappa shape index (κ2) is 5.54. The van der Waals surface area contributed by atoms with Gasteiger partial charge in [-0.05, 0) is 0 Å². The molecule has 0 aromatic carbocycles. The molecule has 0 aromatic heterocycles. The highest BCUT2D eigenvalue weighted by molar-refractivity contribution is 6.29. The van der Waals surface area contributed by atoms with Crippen LogP contribution in [0.1, 0.15) is 0 Å². The normalized spacial score (nSPS) is 23.9. The minimum atomic E-state index is 0.162. The van der Waals surface area contributed by atoms with Gasteiger partial charge in [-0.2, -0.15) is 0 Å². The first kappa shape index (κ1) is 9.99. The van der Waals surface area contributed by atoms with Crippen LogP contribution < -0.4 is 5.32 Å². The fourth-order valence-corrected chi connectivity index (χ4v) is 1.11. The van der Waals surface area contributed by atoms with Crippen LogP contribution >= 0.6 is 11.6 Å². The number of hydrogen-bond acceptors (Lipinski definition) is 3. The second-order valence-electron chi connectivity index (χ2n) is 2.73. The summed E-state index contributed by atoms with van der Waals surface area (Å²) in [5, 5.41) is 3.74. The Kier molecular flexibility index (Phi) is 4.61. The molecule has 1 saturated heterocycles. The maximum Gasteiger partial charge on any atom is 0.0933 e. The first-order valence-electron chi connectivity index (χ1n) is 4.02. The van der Waals surface area contributed by atoms with Crippen LogP contribution in [0.2, 0.25) is 0 Å². The van der Waals surface area contributed by atoms with Crippen molar-refractivity contribution in [1.29, 1.82) is 0 Å². The molecule has 1 heterocycles. The molecule has 0 aromatic rings. The molecule has 1 rings (SSSR count). The third-order valence-corrected chi connectivity index (χ3v) is 1.68. The zero-order valence-corrected chi connectivity index (χ0v) is 7.77. The van der Waals surface area contributed by atoms with Gasteiger partial charge in [-0.25, -0.2) is 0 Å². The molecular weight excluding hydrogens is 178 g/mol. The minimum absolute atomic E-state index is 0.162. The summed E-state index contributed by atoms with van der Waals surface area (Å²) in [6.45, 7) is 7.05. The van der Waals surface area contributed by atoms with Crippen molar-refractivity contribution in [2.24, 2.45) is 0 Å².